The lowest BCUT2D eigenvalue weighted by Crippen LogP contribution is -2.25. The summed E-state index contributed by atoms with van der Waals surface area (Å²) in [4.78, 5) is 12.4. The molecule has 2 N–H and O–H groups in total. The van der Waals surface area contributed by atoms with E-state index in [2.05, 4.69) is 4.72 Å². The zero-order chi connectivity index (χ0) is 25.9. The number of aromatic hydroxyl groups is 1. The molecule has 36 heavy (non-hydrogen) atoms. The number of sulfonamides is 1. The van der Waals surface area contributed by atoms with Gasteiger partial charge in [0.2, 0.25) is 15.5 Å². The third-order valence-electron chi connectivity index (χ3n) is 5.51. The van der Waals surface area contributed by atoms with E-state index in [4.69, 9.17) is 9.15 Å². The van der Waals surface area contributed by atoms with Crippen LogP contribution >= 0.6 is 0 Å². The van der Waals surface area contributed by atoms with Crippen molar-refractivity contribution in [3.05, 3.63) is 76.5 Å². The summed E-state index contributed by atoms with van der Waals surface area (Å²) in [5.74, 6) is 0.0705. The Hall–Kier alpha value is -3.57. The highest BCUT2D eigenvalue weighted by atomic mass is 32.2. The Labute approximate surface area is 204 Å². The van der Waals surface area contributed by atoms with Crippen LogP contribution in [0.5, 0.6) is 11.5 Å². The lowest BCUT2D eigenvalue weighted by Gasteiger charge is -2.10. The van der Waals surface area contributed by atoms with Gasteiger partial charge in [-0.15, -0.1) is 0 Å². The second-order valence-electron chi connectivity index (χ2n) is 8.07. The molecule has 3 aromatic carbocycles. The number of halogens is 3. The zero-order valence-corrected chi connectivity index (χ0v) is 19.7. The SMILES string of the molecule is O=c1c2ccccc2oc2cc(OCCCCCNS(=O)(=O)c3ccc(C(F)(F)F)cc3)cc(O)c12. The number of phenolic OH excluding ortho intramolecular Hbond substituents is 1. The summed E-state index contributed by atoms with van der Waals surface area (Å²) in [6, 6.07) is 12.9. The Morgan fingerprint density at radius 3 is 2.39 bits per heavy atom. The van der Waals surface area contributed by atoms with Crippen molar-refractivity contribution in [2.24, 2.45) is 0 Å². The van der Waals surface area contributed by atoms with Crippen LogP contribution in [0.3, 0.4) is 0 Å². The molecule has 4 rings (SSSR count). The molecule has 0 radical (unpaired) electrons. The van der Waals surface area contributed by atoms with Crippen molar-refractivity contribution >= 4 is 32.0 Å². The number of phenols is 1. The Balaban J connectivity index is 1.27. The van der Waals surface area contributed by atoms with Gasteiger partial charge < -0.3 is 14.3 Å². The van der Waals surface area contributed by atoms with Gasteiger partial charge in [0.05, 0.1) is 22.5 Å². The minimum absolute atomic E-state index is 0.0707. The summed E-state index contributed by atoms with van der Waals surface area (Å²) in [6.07, 6.45) is -2.88. The van der Waals surface area contributed by atoms with E-state index in [0.29, 0.717) is 36.0 Å². The number of rotatable bonds is 9. The predicted molar refractivity (Wildman–Crippen MR) is 128 cm³/mol. The van der Waals surface area contributed by atoms with Crippen LogP contribution < -0.4 is 14.9 Å². The maximum Gasteiger partial charge on any atom is 0.416 e. The van der Waals surface area contributed by atoms with Crippen molar-refractivity contribution in [2.75, 3.05) is 13.2 Å². The average molecular weight is 522 g/mol. The normalized spacial score (nSPS) is 12.3. The standard InChI is InChI=1S/C25H22F3NO6S/c26-25(27,28)16-8-10-18(11-9-16)36(32,33)29-12-4-1-5-13-34-17-14-20(30)23-22(15-17)35-21-7-3-2-6-19(21)24(23)31/h2-3,6-11,14-15,29-30H,1,4-5,12-13H2. The third kappa shape index (κ3) is 5.63. The summed E-state index contributed by atoms with van der Waals surface area (Å²) < 4.78 is 76.1. The lowest BCUT2D eigenvalue weighted by atomic mass is 10.1. The van der Waals surface area contributed by atoms with Gasteiger partial charge in [-0.05, 0) is 55.7 Å². The summed E-state index contributed by atoms with van der Waals surface area (Å²) in [5, 5.41) is 10.8. The molecule has 4 aromatic rings. The van der Waals surface area contributed by atoms with E-state index >= 15 is 0 Å². The Morgan fingerprint density at radius 2 is 1.67 bits per heavy atom. The quantitative estimate of drug-likeness (QED) is 0.232. The van der Waals surface area contributed by atoms with Gasteiger partial charge in [0, 0.05) is 18.7 Å². The minimum atomic E-state index is -4.54. The van der Waals surface area contributed by atoms with E-state index in [-0.39, 0.29) is 40.2 Å². The largest absolute Gasteiger partial charge is 0.507 e. The molecular formula is C25H22F3NO6S. The highest BCUT2D eigenvalue weighted by molar-refractivity contribution is 7.89. The first-order valence-electron chi connectivity index (χ1n) is 11.0. The number of nitrogens with one attached hydrogen (secondary N) is 1. The average Bonchev–Trinajstić information content (AvgIpc) is 2.83. The highest BCUT2D eigenvalue weighted by Crippen LogP contribution is 2.31. The zero-order valence-electron chi connectivity index (χ0n) is 18.8. The fourth-order valence-corrected chi connectivity index (χ4v) is 4.75. The molecule has 0 saturated carbocycles. The topological polar surface area (TPSA) is 106 Å². The van der Waals surface area contributed by atoms with Gasteiger partial charge in [-0.25, -0.2) is 13.1 Å². The number of para-hydroxylation sites is 1. The predicted octanol–water partition coefficient (Wildman–Crippen LogP) is 5.20. The van der Waals surface area contributed by atoms with E-state index < -0.39 is 21.8 Å². The first-order chi connectivity index (χ1) is 17.1. The van der Waals surface area contributed by atoms with E-state index in [9.17, 15) is 31.5 Å². The van der Waals surface area contributed by atoms with Gasteiger partial charge >= 0.3 is 6.18 Å². The third-order valence-corrected chi connectivity index (χ3v) is 6.98. The van der Waals surface area contributed by atoms with Gasteiger partial charge in [-0.2, -0.15) is 13.2 Å². The van der Waals surface area contributed by atoms with Crippen LogP contribution in [-0.4, -0.2) is 26.7 Å². The molecule has 0 saturated heterocycles. The molecule has 190 valence electrons. The monoisotopic (exact) mass is 521 g/mol. The molecule has 1 heterocycles. The first kappa shape index (κ1) is 25.5. The van der Waals surface area contributed by atoms with Crippen molar-refractivity contribution in [3.63, 3.8) is 0 Å². The van der Waals surface area contributed by atoms with Crippen LogP contribution in [0.15, 0.2) is 74.8 Å². The van der Waals surface area contributed by atoms with Crippen LogP contribution in [0, 0.1) is 0 Å². The van der Waals surface area contributed by atoms with Crippen molar-refractivity contribution in [2.45, 2.75) is 30.3 Å². The van der Waals surface area contributed by atoms with Crippen LogP contribution in [0.1, 0.15) is 24.8 Å². The number of alkyl halides is 3. The fraction of sp³-hybridized carbons (Fsp3) is 0.240. The fourth-order valence-electron chi connectivity index (χ4n) is 3.67. The molecule has 0 fully saturated rings. The van der Waals surface area contributed by atoms with Crippen LogP contribution in [0.4, 0.5) is 13.2 Å². The number of benzene rings is 3. The molecule has 11 heteroatoms. The van der Waals surface area contributed by atoms with Gasteiger partial charge in [-0.1, -0.05) is 12.1 Å². The highest BCUT2D eigenvalue weighted by Gasteiger charge is 2.30. The van der Waals surface area contributed by atoms with Gasteiger partial charge in [0.25, 0.3) is 0 Å². The van der Waals surface area contributed by atoms with Crippen molar-refractivity contribution in [3.8, 4) is 11.5 Å². The molecule has 0 bridgehead atoms. The number of unbranched alkanes of at least 4 members (excludes halogenated alkanes) is 2. The molecular weight excluding hydrogens is 499 g/mol. The molecule has 0 spiro atoms. The van der Waals surface area contributed by atoms with Gasteiger partial charge in [-0.3, -0.25) is 4.79 Å². The van der Waals surface area contributed by atoms with Gasteiger partial charge in [0.15, 0.2) is 0 Å². The molecule has 1 aromatic heterocycles. The summed E-state index contributed by atoms with van der Waals surface area (Å²) in [7, 11) is -3.92. The maximum absolute atomic E-state index is 12.6. The van der Waals surface area contributed by atoms with Gasteiger partial charge in [0.1, 0.15) is 28.1 Å². The van der Waals surface area contributed by atoms with E-state index in [0.717, 1.165) is 24.3 Å². The maximum atomic E-state index is 12.6. The minimum Gasteiger partial charge on any atom is -0.507 e. The van der Waals surface area contributed by atoms with Crippen LogP contribution in [0.2, 0.25) is 0 Å². The Kier molecular flexibility index (Phi) is 7.23. The molecule has 0 amide bonds. The second-order valence-corrected chi connectivity index (χ2v) is 9.84. The number of ether oxygens (including phenoxy) is 1. The van der Waals surface area contributed by atoms with Crippen LogP contribution in [-0.2, 0) is 16.2 Å². The molecule has 0 atom stereocenters. The number of hydrogen-bond donors (Lipinski definition) is 2. The Morgan fingerprint density at radius 1 is 0.944 bits per heavy atom. The number of fused-ring (bicyclic) bond motifs is 2. The van der Waals surface area contributed by atoms with Crippen molar-refractivity contribution in [1.82, 2.24) is 4.72 Å². The second kappa shape index (κ2) is 10.2. The van der Waals surface area contributed by atoms with Crippen molar-refractivity contribution < 1.29 is 35.8 Å². The molecule has 7 nitrogen and oxygen atoms in total. The summed E-state index contributed by atoms with van der Waals surface area (Å²) in [5.41, 5.74) is -0.664. The summed E-state index contributed by atoms with van der Waals surface area (Å²) in [6.45, 7) is 0.382. The smallest absolute Gasteiger partial charge is 0.416 e. The van der Waals surface area contributed by atoms with E-state index in [1.807, 2.05) is 0 Å². The van der Waals surface area contributed by atoms with Crippen molar-refractivity contribution in [1.29, 1.82) is 0 Å². The lowest BCUT2D eigenvalue weighted by molar-refractivity contribution is -0.137. The molecule has 0 aliphatic rings. The first-order valence-corrected chi connectivity index (χ1v) is 12.5. The molecule has 0 unspecified atom stereocenters. The summed E-state index contributed by atoms with van der Waals surface area (Å²) >= 11 is 0. The Bertz CT molecular complexity index is 1550. The molecule has 0 aliphatic heterocycles. The number of hydrogen-bond acceptors (Lipinski definition) is 6. The van der Waals surface area contributed by atoms with E-state index in [1.54, 1.807) is 24.3 Å². The van der Waals surface area contributed by atoms with E-state index in [1.165, 1.54) is 12.1 Å². The van der Waals surface area contributed by atoms with Crippen LogP contribution in [0.25, 0.3) is 21.9 Å². The molecule has 0 aliphatic carbocycles.